The van der Waals surface area contributed by atoms with Crippen LogP contribution in [-0.2, 0) is 28.4 Å². The predicted molar refractivity (Wildman–Crippen MR) is 112 cm³/mol. The number of aryl methyl sites for hydroxylation is 2. The van der Waals surface area contributed by atoms with Crippen molar-refractivity contribution in [2.75, 3.05) is 26.2 Å². The van der Waals surface area contributed by atoms with Gasteiger partial charge >= 0.3 is 0 Å². The molecule has 0 N–H and O–H groups in total. The van der Waals surface area contributed by atoms with Crippen LogP contribution in [0.2, 0.25) is 0 Å². The van der Waals surface area contributed by atoms with Gasteiger partial charge in [0.2, 0.25) is 15.9 Å². The highest BCUT2D eigenvalue weighted by molar-refractivity contribution is 9.10. The molecule has 1 aliphatic rings. The van der Waals surface area contributed by atoms with Gasteiger partial charge in [-0.2, -0.15) is 14.5 Å². The van der Waals surface area contributed by atoms with Crippen LogP contribution in [0.3, 0.4) is 0 Å². The van der Waals surface area contributed by atoms with Crippen LogP contribution in [0, 0.1) is 26.7 Å². The van der Waals surface area contributed by atoms with Gasteiger partial charge in [0.05, 0.1) is 34.5 Å². The first-order valence-electron chi connectivity index (χ1n) is 9.51. The van der Waals surface area contributed by atoms with Crippen molar-refractivity contribution in [1.82, 2.24) is 28.8 Å². The molecule has 1 atom stereocenters. The lowest BCUT2D eigenvalue weighted by Gasteiger charge is -2.35. The average molecular weight is 487 g/mol. The molecule has 1 aliphatic heterocycles. The monoisotopic (exact) mass is 486 g/mol. The Labute approximate surface area is 179 Å². The number of hydrogen-bond acceptors (Lipinski definition) is 5. The van der Waals surface area contributed by atoms with E-state index < -0.39 is 10.0 Å². The van der Waals surface area contributed by atoms with Crippen molar-refractivity contribution in [2.24, 2.45) is 13.0 Å². The van der Waals surface area contributed by atoms with Crippen molar-refractivity contribution in [3.8, 4) is 0 Å². The standard InChI is InChI=1S/C18H27BrN6O3S/c1-12(11-25-15(4)17(19)13(2)21-25)18(26)23-6-8-24(9-7-23)29(27,28)16-10-20-22(5)14(16)3/h10,12H,6-9,11H2,1-5H3. The summed E-state index contributed by atoms with van der Waals surface area (Å²) >= 11 is 3.51. The molecule has 3 heterocycles. The second-order valence-corrected chi connectivity index (χ2v) is 10.2. The maximum atomic E-state index is 12.9. The summed E-state index contributed by atoms with van der Waals surface area (Å²) in [6.45, 7) is 9.30. The molecule has 0 saturated carbocycles. The van der Waals surface area contributed by atoms with E-state index in [2.05, 4.69) is 26.1 Å². The first kappa shape index (κ1) is 22.0. The van der Waals surface area contributed by atoms with Gasteiger partial charge in [0.25, 0.3) is 0 Å². The molecule has 0 aromatic carbocycles. The fourth-order valence-corrected chi connectivity index (χ4v) is 5.41. The summed E-state index contributed by atoms with van der Waals surface area (Å²) in [5.41, 5.74) is 2.49. The van der Waals surface area contributed by atoms with Gasteiger partial charge in [-0.15, -0.1) is 0 Å². The lowest BCUT2D eigenvalue weighted by Crippen LogP contribution is -2.52. The van der Waals surface area contributed by atoms with Gasteiger partial charge in [0, 0.05) is 38.9 Å². The third-order valence-electron chi connectivity index (χ3n) is 5.52. The molecule has 2 aromatic heterocycles. The van der Waals surface area contributed by atoms with E-state index in [-0.39, 0.29) is 29.8 Å². The molecule has 0 aliphatic carbocycles. The Hall–Kier alpha value is -1.72. The van der Waals surface area contributed by atoms with E-state index >= 15 is 0 Å². The van der Waals surface area contributed by atoms with Gasteiger partial charge < -0.3 is 4.90 Å². The molecular weight excluding hydrogens is 460 g/mol. The van der Waals surface area contributed by atoms with Crippen LogP contribution in [0.15, 0.2) is 15.6 Å². The van der Waals surface area contributed by atoms with E-state index in [0.717, 1.165) is 15.9 Å². The topological polar surface area (TPSA) is 93.3 Å². The number of amides is 1. The minimum absolute atomic E-state index is 0.0169. The van der Waals surface area contributed by atoms with E-state index in [9.17, 15) is 13.2 Å². The van der Waals surface area contributed by atoms with Crippen LogP contribution >= 0.6 is 15.9 Å². The molecular formula is C18H27BrN6O3S. The molecule has 1 fully saturated rings. The van der Waals surface area contributed by atoms with Crippen LogP contribution in [-0.4, -0.2) is 69.3 Å². The number of aromatic nitrogens is 4. The summed E-state index contributed by atoms with van der Waals surface area (Å²) in [4.78, 5) is 14.8. The van der Waals surface area contributed by atoms with Crippen LogP contribution < -0.4 is 0 Å². The molecule has 9 nitrogen and oxygen atoms in total. The third-order valence-corrected chi connectivity index (χ3v) is 8.67. The van der Waals surface area contributed by atoms with Crippen molar-refractivity contribution in [3.05, 3.63) is 27.8 Å². The summed E-state index contributed by atoms with van der Waals surface area (Å²) in [7, 11) is -1.89. The fourth-order valence-electron chi connectivity index (χ4n) is 3.52. The Morgan fingerprint density at radius 2 is 1.79 bits per heavy atom. The van der Waals surface area contributed by atoms with Crippen molar-refractivity contribution < 1.29 is 13.2 Å². The predicted octanol–water partition coefficient (Wildman–Crippen LogP) is 1.47. The lowest BCUT2D eigenvalue weighted by atomic mass is 10.1. The van der Waals surface area contributed by atoms with Crippen LogP contribution in [0.1, 0.15) is 24.0 Å². The SMILES string of the molecule is Cc1nn(CC(C)C(=O)N2CCN(S(=O)(=O)c3cnn(C)c3C)CC2)c(C)c1Br. The van der Waals surface area contributed by atoms with Crippen molar-refractivity contribution in [2.45, 2.75) is 39.1 Å². The molecule has 0 bridgehead atoms. The molecule has 11 heteroatoms. The van der Waals surface area contributed by atoms with Gasteiger partial charge in [0.1, 0.15) is 4.90 Å². The maximum Gasteiger partial charge on any atom is 0.246 e. The first-order valence-corrected chi connectivity index (χ1v) is 11.7. The second-order valence-electron chi connectivity index (χ2n) is 7.52. The number of carbonyl (C=O) groups excluding carboxylic acids is 1. The van der Waals surface area contributed by atoms with Crippen molar-refractivity contribution >= 4 is 31.9 Å². The van der Waals surface area contributed by atoms with Crippen LogP contribution in [0.4, 0.5) is 0 Å². The zero-order valence-corrected chi connectivity index (χ0v) is 19.8. The molecule has 1 amide bonds. The van der Waals surface area contributed by atoms with E-state index in [1.165, 1.54) is 10.5 Å². The summed E-state index contributed by atoms with van der Waals surface area (Å²) in [5, 5.41) is 8.50. The molecule has 2 aromatic rings. The Morgan fingerprint density at radius 1 is 1.17 bits per heavy atom. The number of halogens is 1. The highest BCUT2D eigenvalue weighted by atomic mass is 79.9. The van der Waals surface area contributed by atoms with Crippen LogP contribution in [0.5, 0.6) is 0 Å². The van der Waals surface area contributed by atoms with E-state index in [1.807, 2.05) is 25.5 Å². The molecule has 1 unspecified atom stereocenters. The van der Waals surface area contributed by atoms with Crippen LogP contribution in [0.25, 0.3) is 0 Å². The lowest BCUT2D eigenvalue weighted by molar-refractivity contribution is -0.136. The van der Waals surface area contributed by atoms with Gasteiger partial charge in [-0.3, -0.25) is 14.2 Å². The molecule has 3 rings (SSSR count). The van der Waals surface area contributed by atoms with Crippen molar-refractivity contribution in [3.63, 3.8) is 0 Å². The smallest absolute Gasteiger partial charge is 0.246 e. The molecule has 0 radical (unpaired) electrons. The molecule has 1 saturated heterocycles. The zero-order valence-electron chi connectivity index (χ0n) is 17.4. The first-order chi connectivity index (χ1) is 13.5. The summed E-state index contributed by atoms with van der Waals surface area (Å²) < 4.78 is 31.6. The molecule has 0 spiro atoms. The third kappa shape index (κ3) is 4.13. The van der Waals surface area contributed by atoms with E-state index in [1.54, 1.807) is 23.6 Å². The van der Waals surface area contributed by atoms with E-state index in [4.69, 9.17) is 0 Å². The average Bonchev–Trinajstić information content (AvgIpc) is 3.15. The Bertz CT molecular complexity index is 1020. The molecule has 160 valence electrons. The number of carbonyl (C=O) groups is 1. The second kappa shape index (κ2) is 8.19. The highest BCUT2D eigenvalue weighted by Gasteiger charge is 2.33. The Kier molecular flexibility index (Phi) is 6.21. The van der Waals surface area contributed by atoms with Gasteiger partial charge in [-0.05, 0) is 36.7 Å². The number of hydrogen-bond donors (Lipinski definition) is 0. The maximum absolute atomic E-state index is 12.9. The Balaban J connectivity index is 1.63. The number of sulfonamides is 1. The quantitative estimate of drug-likeness (QED) is 0.637. The number of nitrogens with zero attached hydrogens (tertiary/aromatic N) is 6. The zero-order chi connectivity index (χ0) is 21.5. The Morgan fingerprint density at radius 3 is 2.28 bits per heavy atom. The minimum atomic E-state index is -3.60. The number of rotatable bonds is 5. The fraction of sp³-hybridized carbons (Fsp3) is 0.611. The van der Waals surface area contributed by atoms with E-state index in [0.29, 0.717) is 25.3 Å². The van der Waals surface area contributed by atoms with Crippen molar-refractivity contribution in [1.29, 1.82) is 0 Å². The highest BCUT2D eigenvalue weighted by Crippen LogP contribution is 2.23. The minimum Gasteiger partial charge on any atom is -0.340 e. The van der Waals surface area contributed by atoms with Gasteiger partial charge in [-0.25, -0.2) is 8.42 Å². The normalized spacial score (nSPS) is 17.0. The van der Waals surface area contributed by atoms with Gasteiger partial charge in [-0.1, -0.05) is 6.92 Å². The number of piperazine rings is 1. The summed E-state index contributed by atoms with van der Waals surface area (Å²) in [6, 6.07) is 0. The summed E-state index contributed by atoms with van der Waals surface area (Å²) in [6.07, 6.45) is 1.39. The largest absolute Gasteiger partial charge is 0.340 e. The molecule has 29 heavy (non-hydrogen) atoms. The summed E-state index contributed by atoms with van der Waals surface area (Å²) in [5.74, 6) is -0.230. The van der Waals surface area contributed by atoms with Gasteiger partial charge in [0.15, 0.2) is 0 Å².